The molecule has 15 heavy (non-hydrogen) atoms. The summed E-state index contributed by atoms with van der Waals surface area (Å²) in [5, 5.41) is 0.857. The van der Waals surface area contributed by atoms with Crippen molar-refractivity contribution in [2.75, 3.05) is 0 Å². The average Bonchev–Trinajstić information content (AvgIpc) is 2.63. The third kappa shape index (κ3) is 2.53. The fourth-order valence-corrected chi connectivity index (χ4v) is 1.87. The van der Waals surface area contributed by atoms with Gasteiger partial charge in [0.25, 0.3) is 0 Å². The molecule has 0 atom stereocenters. The number of hydrogen-bond donors (Lipinski definition) is 0. The average molecular weight is 223 g/mol. The van der Waals surface area contributed by atoms with Gasteiger partial charge in [0.1, 0.15) is 11.6 Å². The van der Waals surface area contributed by atoms with E-state index in [9.17, 15) is 4.39 Å². The molecule has 0 spiro atoms. The van der Waals surface area contributed by atoms with Gasteiger partial charge in [-0.3, -0.25) is 0 Å². The molecule has 0 N–H and O–H groups in total. The molecule has 0 aliphatic rings. The van der Waals surface area contributed by atoms with Crippen molar-refractivity contribution in [3.05, 3.63) is 46.2 Å². The third-order valence-electron chi connectivity index (χ3n) is 1.86. The predicted molar refractivity (Wildman–Crippen MR) is 57.6 cm³/mol. The summed E-state index contributed by atoms with van der Waals surface area (Å²) in [5.41, 5.74) is 0. The lowest BCUT2D eigenvalue weighted by atomic mass is 10.3. The van der Waals surface area contributed by atoms with Gasteiger partial charge in [-0.05, 0) is 19.1 Å². The van der Waals surface area contributed by atoms with Gasteiger partial charge in [-0.25, -0.2) is 9.37 Å². The summed E-state index contributed by atoms with van der Waals surface area (Å²) in [6.07, 6.45) is 1.78. The Morgan fingerprint density at radius 2 is 2.20 bits per heavy atom. The van der Waals surface area contributed by atoms with E-state index >= 15 is 0 Å². The normalized spacial score (nSPS) is 10.3. The van der Waals surface area contributed by atoms with Crippen LogP contribution < -0.4 is 4.74 Å². The molecule has 4 heteroatoms. The van der Waals surface area contributed by atoms with Crippen LogP contribution in [0.25, 0.3) is 0 Å². The van der Waals surface area contributed by atoms with Crippen molar-refractivity contribution in [2.45, 2.75) is 13.5 Å². The maximum Gasteiger partial charge on any atom is 0.165 e. The SMILES string of the molecule is Cc1cnc(COc2ccccc2F)s1. The fraction of sp³-hybridized carbons (Fsp3) is 0.182. The summed E-state index contributed by atoms with van der Waals surface area (Å²) in [6.45, 7) is 2.30. The van der Waals surface area contributed by atoms with Crippen molar-refractivity contribution in [1.29, 1.82) is 0 Å². The highest BCUT2D eigenvalue weighted by Crippen LogP contribution is 2.18. The zero-order valence-corrected chi connectivity index (χ0v) is 9.05. The van der Waals surface area contributed by atoms with Crippen LogP contribution in [0, 0.1) is 12.7 Å². The molecule has 0 amide bonds. The molecular formula is C11H10FNOS. The number of benzene rings is 1. The minimum Gasteiger partial charge on any atom is -0.483 e. The van der Waals surface area contributed by atoms with Gasteiger partial charge in [0, 0.05) is 11.1 Å². The Labute approximate surface area is 91.4 Å². The quantitative estimate of drug-likeness (QED) is 0.797. The van der Waals surface area contributed by atoms with Gasteiger partial charge in [-0.2, -0.15) is 0 Å². The van der Waals surface area contributed by atoms with Crippen LogP contribution in [0.15, 0.2) is 30.5 Å². The number of aryl methyl sites for hydroxylation is 1. The molecule has 0 radical (unpaired) electrons. The molecule has 2 aromatic rings. The predicted octanol–water partition coefficient (Wildman–Crippen LogP) is 3.17. The Morgan fingerprint density at radius 1 is 1.40 bits per heavy atom. The second kappa shape index (κ2) is 4.40. The standard InChI is InChI=1S/C11H10FNOS/c1-8-6-13-11(15-8)7-14-10-5-3-2-4-9(10)12/h2-6H,7H2,1H3. The van der Waals surface area contributed by atoms with Gasteiger partial charge < -0.3 is 4.74 Å². The van der Waals surface area contributed by atoms with Crippen molar-refractivity contribution >= 4 is 11.3 Å². The van der Waals surface area contributed by atoms with Gasteiger partial charge in [0.2, 0.25) is 0 Å². The van der Waals surface area contributed by atoms with Gasteiger partial charge >= 0.3 is 0 Å². The second-order valence-corrected chi connectivity index (χ2v) is 4.40. The molecule has 2 rings (SSSR count). The van der Waals surface area contributed by atoms with Crippen LogP contribution in [0.3, 0.4) is 0 Å². The number of thiazole rings is 1. The molecule has 0 saturated carbocycles. The first kappa shape index (κ1) is 10.1. The highest BCUT2D eigenvalue weighted by molar-refractivity contribution is 7.11. The Hall–Kier alpha value is -1.42. The zero-order chi connectivity index (χ0) is 10.7. The molecule has 1 heterocycles. The second-order valence-electron chi connectivity index (χ2n) is 3.08. The molecule has 78 valence electrons. The maximum absolute atomic E-state index is 13.2. The minimum atomic E-state index is -0.342. The summed E-state index contributed by atoms with van der Waals surface area (Å²) < 4.78 is 18.5. The summed E-state index contributed by atoms with van der Waals surface area (Å²) in [6, 6.07) is 6.36. The monoisotopic (exact) mass is 223 g/mol. The van der Waals surface area contributed by atoms with Gasteiger partial charge in [0.15, 0.2) is 11.6 Å². The van der Waals surface area contributed by atoms with Crippen LogP contribution in [-0.2, 0) is 6.61 Å². The summed E-state index contributed by atoms with van der Waals surface area (Å²) in [4.78, 5) is 5.26. The van der Waals surface area contributed by atoms with Gasteiger partial charge in [-0.1, -0.05) is 12.1 Å². The highest BCUT2D eigenvalue weighted by Gasteiger charge is 2.03. The van der Waals surface area contributed by atoms with Crippen LogP contribution >= 0.6 is 11.3 Å². The maximum atomic E-state index is 13.2. The van der Waals surface area contributed by atoms with E-state index in [1.165, 1.54) is 6.07 Å². The Bertz CT molecular complexity index is 455. The van der Waals surface area contributed by atoms with Gasteiger partial charge in [0.05, 0.1) is 0 Å². The molecule has 0 saturated heterocycles. The first-order valence-corrected chi connectivity index (χ1v) is 5.36. The van der Waals surface area contributed by atoms with E-state index in [0.29, 0.717) is 6.61 Å². The molecular weight excluding hydrogens is 213 g/mol. The number of ether oxygens (including phenoxy) is 1. The van der Waals surface area contributed by atoms with E-state index in [-0.39, 0.29) is 11.6 Å². The smallest absolute Gasteiger partial charge is 0.165 e. The highest BCUT2D eigenvalue weighted by atomic mass is 32.1. The number of para-hydroxylation sites is 1. The zero-order valence-electron chi connectivity index (χ0n) is 8.24. The van der Waals surface area contributed by atoms with E-state index in [0.717, 1.165) is 9.88 Å². The first-order valence-electron chi connectivity index (χ1n) is 4.54. The van der Waals surface area contributed by atoms with E-state index in [1.807, 2.05) is 6.92 Å². The number of halogens is 1. The van der Waals surface area contributed by atoms with E-state index in [2.05, 4.69) is 4.98 Å². The first-order chi connectivity index (χ1) is 7.25. The van der Waals surface area contributed by atoms with Crippen molar-refractivity contribution in [3.63, 3.8) is 0 Å². The third-order valence-corrected chi connectivity index (χ3v) is 2.74. The molecule has 0 aliphatic carbocycles. The number of rotatable bonds is 3. The Morgan fingerprint density at radius 3 is 2.87 bits per heavy atom. The van der Waals surface area contributed by atoms with Crippen molar-refractivity contribution < 1.29 is 9.13 Å². The topological polar surface area (TPSA) is 22.1 Å². The molecule has 0 bridgehead atoms. The van der Waals surface area contributed by atoms with Gasteiger partial charge in [-0.15, -0.1) is 11.3 Å². The van der Waals surface area contributed by atoms with E-state index in [1.54, 1.807) is 35.7 Å². The lowest BCUT2D eigenvalue weighted by molar-refractivity contribution is 0.290. The molecule has 1 aromatic carbocycles. The molecule has 2 nitrogen and oxygen atoms in total. The van der Waals surface area contributed by atoms with Crippen LogP contribution in [0.5, 0.6) is 5.75 Å². The molecule has 0 unspecified atom stereocenters. The summed E-state index contributed by atoms with van der Waals surface area (Å²) in [5.74, 6) is -0.0730. The van der Waals surface area contributed by atoms with Crippen LogP contribution in [0.1, 0.15) is 9.88 Å². The van der Waals surface area contributed by atoms with Crippen molar-refractivity contribution in [2.24, 2.45) is 0 Å². The summed E-state index contributed by atoms with van der Waals surface area (Å²) >= 11 is 1.55. The molecule has 0 aliphatic heterocycles. The molecule has 1 aromatic heterocycles. The Kier molecular flexibility index (Phi) is 2.97. The summed E-state index contributed by atoms with van der Waals surface area (Å²) in [7, 11) is 0. The van der Waals surface area contributed by atoms with Crippen LogP contribution in [-0.4, -0.2) is 4.98 Å². The lowest BCUT2D eigenvalue weighted by Crippen LogP contribution is -1.96. The van der Waals surface area contributed by atoms with E-state index in [4.69, 9.17) is 4.74 Å². The molecule has 0 fully saturated rings. The number of hydrogen-bond acceptors (Lipinski definition) is 3. The minimum absolute atomic E-state index is 0.269. The van der Waals surface area contributed by atoms with Crippen LogP contribution in [0.4, 0.5) is 4.39 Å². The lowest BCUT2D eigenvalue weighted by Gasteiger charge is -2.04. The van der Waals surface area contributed by atoms with Crippen molar-refractivity contribution in [3.8, 4) is 5.75 Å². The van der Waals surface area contributed by atoms with E-state index < -0.39 is 0 Å². The number of nitrogens with zero attached hydrogens (tertiary/aromatic N) is 1. The Balaban J connectivity index is 2.02. The van der Waals surface area contributed by atoms with Crippen molar-refractivity contribution in [1.82, 2.24) is 4.98 Å². The largest absolute Gasteiger partial charge is 0.483 e. The van der Waals surface area contributed by atoms with Crippen LogP contribution in [0.2, 0.25) is 0 Å². The fourth-order valence-electron chi connectivity index (χ4n) is 1.17. The number of aromatic nitrogens is 1.